The summed E-state index contributed by atoms with van der Waals surface area (Å²) in [5.41, 5.74) is 6.02. The van der Waals surface area contributed by atoms with E-state index in [1.165, 1.54) is 0 Å². The molecule has 3 N–H and O–H groups in total. The van der Waals surface area contributed by atoms with Crippen LogP contribution in [0.1, 0.15) is 46.5 Å². The molecule has 0 heterocycles. The molecular formula is C15H31N3O. The molecule has 1 aliphatic rings. The summed E-state index contributed by atoms with van der Waals surface area (Å²) in [4.78, 5) is 14.5. The van der Waals surface area contributed by atoms with Crippen molar-refractivity contribution >= 4 is 5.91 Å². The molecule has 4 heteroatoms. The third-order valence-corrected chi connectivity index (χ3v) is 4.34. The third-order valence-electron chi connectivity index (χ3n) is 4.34. The topological polar surface area (TPSA) is 58.4 Å². The monoisotopic (exact) mass is 269 g/mol. The molecule has 1 rings (SSSR count). The van der Waals surface area contributed by atoms with E-state index in [0.717, 1.165) is 32.2 Å². The number of carbonyl (C=O) groups excluding carboxylic acids is 1. The average Bonchev–Trinajstić information content (AvgIpc) is 2.27. The predicted molar refractivity (Wildman–Crippen MR) is 79.9 cm³/mol. The van der Waals surface area contributed by atoms with Crippen LogP contribution in [0.3, 0.4) is 0 Å². The zero-order chi connectivity index (χ0) is 14.6. The number of nitrogens with one attached hydrogen (secondary N) is 1. The second-order valence-corrected chi connectivity index (χ2v) is 7.08. The Labute approximate surface area is 118 Å². The molecule has 1 aliphatic carbocycles. The fraction of sp³-hybridized carbons (Fsp3) is 0.933. The average molecular weight is 269 g/mol. The smallest absolute Gasteiger partial charge is 0.223 e. The quantitative estimate of drug-likeness (QED) is 0.797. The van der Waals surface area contributed by atoms with Crippen molar-refractivity contribution in [3.63, 3.8) is 0 Å². The zero-order valence-corrected chi connectivity index (χ0v) is 13.2. The fourth-order valence-electron chi connectivity index (χ4n) is 2.94. The molecule has 1 saturated carbocycles. The Bertz CT molecular complexity index is 302. The van der Waals surface area contributed by atoms with Crippen LogP contribution in [0.15, 0.2) is 0 Å². The summed E-state index contributed by atoms with van der Waals surface area (Å²) in [6, 6.07) is 0.371. The van der Waals surface area contributed by atoms with Gasteiger partial charge in [0.1, 0.15) is 0 Å². The first-order valence-corrected chi connectivity index (χ1v) is 7.43. The van der Waals surface area contributed by atoms with E-state index in [1.807, 2.05) is 0 Å². The molecule has 0 aliphatic heterocycles. The van der Waals surface area contributed by atoms with E-state index in [9.17, 15) is 4.79 Å². The maximum Gasteiger partial charge on any atom is 0.223 e. The highest BCUT2D eigenvalue weighted by atomic mass is 16.1. The van der Waals surface area contributed by atoms with Crippen LogP contribution < -0.4 is 11.1 Å². The molecule has 0 aromatic carbocycles. The molecular weight excluding hydrogens is 238 g/mol. The molecule has 3 atom stereocenters. The maximum absolute atomic E-state index is 12.3. The first-order valence-electron chi connectivity index (χ1n) is 7.43. The van der Waals surface area contributed by atoms with Crippen LogP contribution in [0.2, 0.25) is 0 Å². The van der Waals surface area contributed by atoms with Gasteiger partial charge in [-0.05, 0) is 45.7 Å². The lowest BCUT2D eigenvalue weighted by molar-refractivity contribution is -0.127. The molecule has 0 bridgehead atoms. The third kappa shape index (κ3) is 5.11. The van der Waals surface area contributed by atoms with E-state index in [2.05, 4.69) is 45.1 Å². The van der Waals surface area contributed by atoms with Crippen LogP contribution in [0.25, 0.3) is 0 Å². The number of hydrogen-bond acceptors (Lipinski definition) is 3. The van der Waals surface area contributed by atoms with E-state index in [1.54, 1.807) is 0 Å². The summed E-state index contributed by atoms with van der Waals surface area (Å²) >= 11 is 0. The van der Waals surface area contributed by atoms with Gasteiger partial charge in [0.15, 0.2) is 0 Å². The molecule has 0 saturated heterocycles. The van der Waals surface area contributed by atoms with Crippen LogP contribution in [0.5, 0.6) is 0 Å². The van der Waals surface area contributed by atoms with Crippen molar-refractivity contribution in [1.29, 1.82) is 0 Å². The van der Waals surface area contributed by atoms with Crippen molar-refractivity contribution in [2.24, 2.45) is 17.1 Å². The van der Waals surface area contributed by atoms with Gasteiger partial charge in [-0.3, -0.25) is 4.79 Å². The largest absolute Gasteiger partial charge is 0.353 e. The van der Waals surface area contributed by atoms with E-state index < -0.39 is 0 Å². The minimum Gasteiger partial charge on any atom is -0.353 e. The van der Waals surface area contributed by atoms with E-state index in [-0.39, 0.29) is 29.3 Å². The second-order valence-electron chi connectivity index (χ2n) is 7.08. The minimum atomic E-state index is 0.0654. The molecule has 0 aromatic heterocycles. The highest BCUT2D eigenvalue weighted by Gasteiger charge is 2.31. The van der Waals surface area contributed by atoms with Gasteiger partial charge < -0.3 is 16.0 Å². The lowest BCUT2D eigenvalue weighted by atomic mass is 9.82. The van der Waals surface area contributed by atoms with Gasteiger partial charge in [0, 0.05) is 24.5 Å². The lowest BCUT2D eigenvalue weighted by Gasteiger charge is -2.36. The Kier molecular flexibility index (Phi) is 5.81. The molecule has 0 spiro atoms. The predicted octanol–water partition coefficient (Wildman–Crippen LogP) is 1.60. The van der Waals surface area contributed by atoms with Gasteiger partial charge >= 0.3 is 0 Å². The van der Waals surface area contributed by atoms with Gasteiger partial charge in [0.25, 0.3) is 0 Å². The minimum absolute atomic E-state index is 0.0654. The van der Waals surface area contributed by atoms with Crippen molar-refractivity contribution in [3.8, 4) is 0 Å². The van der Waals surface area contributed by atoms with Crippen LogP contribution in [0, 0.1) is 11.3 Å². The maximum atomic E-state index is 12.3. The van der Waals surface area contributed by atoms with Crippen LogP contribution in [0.4, 0.5) is 0 Å². The molecule has 0 radical (unpaired) electrons. The van der Waals surface area contributed by atoms with Gasteiger partial charge in [-0.25, -0.2) is 0 Å². The number of amides is 1. The van der Waals surface area contributed by atoms with Crippen molar-refractivity contribution in [1.82, 2.24) is 10.2 Å². The van der Waals surface area contributed by atoms with Crippen LogP contribution >= 0.6 is 0 Å². The Morgan fingerprint density at radius 2 is 2.05 bits per heavy atom. The first-order chi connectivity index (χ1) is 8.72. The highest BCUT2D eigenvalue weighted by molar-refractivity contribution is 5.79. The summed E-state index contributed by atoms with van der Waals surface area (Å²) in [5.74, 6) is 0.302. The zero-order valence-electron chi connectivity index (χ0n) is 13.2. The van der Waals surface area contributed by atoms with E-state index >= 15 is 0 Å². The lowest BCUT2D eigenvalue weighted by Crippen LogP contribution is -2.49. The molecule has 4 nitrogen and oxygen atoms in total. The van der Waals surface area contributed by atoms with Gasteiger partial charge in [0.2, 0.25) is 5.91 Å². The summed E-state index contributed by atoms with van der Waals surface area (Å²) < 4.78 is 0. The van der Waals surface area contributed by atoms with E-state index in [4.69, 9.17) is 5.73 Å². The number of nitrogens with zero attached hydrogens (tertiary/aromatic N) is 1. The number of nitrogens with two attached hydrogens (primary N) is 1. The summed E-state index contributed by atoms with van der Waals surface area (Å²) in [6.45, 7) is 7.46. The van der Waals surface area contributed by atoms with Crippen LogP contribution in [-0.4, -0.2) is 43.5 Å². The summed E-state index contributed by atoms with van der Waals surface area (Å²) in [7, 11) is 4.13. The fourth-order valence-corrected chi connectivity index (χ4v) is 2.94. The number of rotatable bonds is 5. The molecule has 3 unspecified atom stereocenters. The van der Waals surface area contributed by atoms with Crippen LogP contribution in [-0.2, 0) is 4.79 Å². The molecule has 19 heavy (non-hydrogen) atoms. The SMILES string of the molecule is CC(NC(=O)C1CCCC(N)C1)C(C)(C)CN(C)C. The second kappa shape index (κ2) is 6.71. The molecule has 1 fully saturated rings. The summed E-state index contributed by atoms with van der Waals surface area (Å²) in [5, 5.41) is 3.19. The van der Waals surface area contributed by atoms with Gasteiger partial charge in [-0.2, -0.15) is 0 Å². The normalized spacial score (nSPS) is 26.3. The van der Waals surface area contributed by atoms with Crippen molar-refractivity contribution in [2.75, 3.05) is 20.6 Å². The van der Waals surface area contributed by atoms with Gasteiger partial charge in [-0.15, -0.1) is 0 Å². The Balaban J connectivity index is 2.51. The summed E-state index contributed by atoms with van der Waals surface area (Å²) in [6.07, 6.45) is 3.97. The standard InChI is InChI=1S/C15H31N3O/c1-11(15(2,3)10-18(4)5)17-14(19)12-7-6-8-13(16)9-12/h11-13H,6-10,16H2,1-5H3,(H,17,19). The van der Waals surface area contributed by atoms with Crippen molar-refractivity contribution in [3.05, 3.63) is 0 Å². The Morgan fingerprint density at radius 3 is 2.58 bits per heavy atom. The van der Waals surface area contributed by atoms with Crippen molar-refractivity contribution < 1.29 is 4.79 Å². The van der Waals surface area contributed by atoms with Gasteiger partial charge in [-0.1, -0.05) is 20.3 Å². The van der Waals surface area contributed by atoms with Crippen molar-refractivity contribution in [2.45, 2.75) is 58.5 Å². The van der Waals surface area contributed by atoms with Gasteiger partial charge in [0.05, 0.1) is 0 Å². The van der Waals surface area contributed by atoms with E-state index in [0.29, 0.717) is 0 Å². The molecule has 112 valence electrons. The Morgan fingerprint density at radius 1 is 1.42 bits per heavy atom. The Hall–Kier alpha value is -0.610. The number of carbonyl (C=O) groups is 1. The molecule has 1 amide bonds. The number of hydrogen-bond donors (Lipinski definition) is 2. The first kappa shape index (κ1) is 16.4. The molecule has 0 aromatic rings. The highest BCUT2D eigenvalue weighted by Crippen LogP contribution is 2.25.